The molecule has 0 atom stereocenters. The van der Waals surface area contributed by atoms with Crippen molar-refractivity contribution < 1.29 is 13.2 Å². The van der Waals surface area contributed by atoms with Crippen LogP contribution in [-0.4, -0.2) is 25.0 Å². The molecular formula is C17H24F3N. The summed E-state index contributed by atoms with van der Waals surface area (Å²) in [5.74, 6) is 0.501. The number of halogens is 3. The summed E-state index contributed by atoms with van der Waals surface area (Å²) in [6, 6.07) is 3.17. The van der Waals surface area contributed by atoms with E-state index in [1.165, 1.54) is 6.07 Å². The van der Waals surface area contributed by atoms with Crippen molar-refractivity contribution in [2.24, 2.45) is 0 Å². The summed E-state index contributed by atoms with van der Waals surface area (Å²) >= 11 is 0. The van der Waals surface area contributed by atoms with Crippen LogP contribution in [0, 0.1) is 6.92 Å². The van der Waals surface area contributed by atoms with Gasteiger partial charge in [0.25, 0.3) is 0 Å². The van der Waals surface area contributed by atoms with Gasteiger partial charge in [-0.05, 0) is 74.5 Å². The van der Waals surface area contributed by atoms with Crippen molar-refractivity contribution >= 4 is 0 Å². The van der Waals surface area contributed by atoms with E-state index in [9.17, 15) is 13.2 Å². The number of likely N-dealkylation sites (tertiary alicyclic amines) is 1. The van der Waals surface area contributed by atoms with Gasteiger partial charge in [-0.25, -0.2) is 0 Å². The number of alkyl halides is 3. The molecule has 0 saturated carbocycles. The van der Waals surface area contributed by atoms with Crippen LogP contribution in [0.3, 0.4) is 0 Å². The minimum absolute atomic E-state index is 0.112. The Balaban J connectivity index is 2.43. The Morgan fingerprint density at radius 3 is 2.19 bits per heavy atom. The summed E-state index contributed by atoms with van der Waals surface area (Å²) in [5.41, 5.74) is 1.86. The molecule has 0 spiro atoms. The Hall–Kier alpha value is -1.03. The first-order valence-electron chi connectivity index (χ1n) is 7.60. The minimum atomic E-state index is -4.26. The first kappa shape index (κ1) is 16.3. The maximum atomic E-state index is 13.1. The average Bonchev–Trinajstić information content (AvgIpc) is 2.37. The van der Waals surface area contributed by atoms with Crippen LogP contribution in [0.15, 0.2) is 12.1 Å². The van der Waals surface area contributed by atoms with Crippen LogP contribution in [0.2, 0.25) is 0 Å². The Morgan fingerprint density at radius 2 is 1.71 bits per heavy atom. The fourth-order valence-electron chi connectivity index (χ4n) is 3.23. The molecule has 0 radical (unpaired) electrons. The van der Waals surface area contributed by atoms with Crippen LogP contribution >= 0.6 is 0 Å². The summed E-state index contributed by atoms with van der Waals surface area (Å²) in [6.45, 7) is 7.56. The molecule has 1 aromatic rings. The van der Waals surface area contributed by atoms with Crippen LogP contribution in [0.5, 0.6) is 0 Å². The smallest absolute Gasteiger partial charge is 0.306 e. The van der Waals surface area contributed by atoms with Crippen molar-refractivity contribution in [2.45, 2.75) is 51.6 Å². The van der Waals surface area contributed by atoms with Crippen LogP contribution in [0.1, 0.15) is 60.8 Å². The Kier molecular flexibility index (Phi) is 4.66. The Bertz CT molecular complexity index is 497. The topological polar surface area (TPSA) is 3.24 Å². The summed E-state index contributed by atoms with van der Waals surface area (Å²) < 4.78 is 39.3. The third-order valence-electron chi connectivity index (χ3n) is 4.52. The largest absolute Gasteiger partial charge is 0.416 e. The van der Waals surface area contributed by atoms with E-state index in [1.807, 2.05) is 13.8 Å². The van der Waals surface area contributed by atoms with E-state index in [0.717, 1.165) is 37.1 Å². The van der Waals surface area contributed by atoms with Gasteiger partial charge < -0.3 is 4.90 Å². The molecule has 2 rings (SSSR count). The van der Waals surface area contributed by atoms with Crippen molar-refractivity contribution in [2.75, 3.05) is 20.1 Å². The molecule has 21 heavy (non-hydrogen) atoms. The second-order valence-corrected chi connectivity index (χ2v) is 6.53. The van der Waals surface area contributed by atoms with E-state index >= 15 is 0 Å². The van der Waals surface area contributed by atoms with Gasteiger partial charge >= 0.3 is 6.18 Å². The highest BCUT2D eigenvalue weighted by Crippen LogP contribution is 2.39. The number of hydrogen-bond acceptors (Lipinski definition) is 1. The first-order valence-corrected chi connectivity index (χ1v) is 7.60. The lowest BCUT2D eigenvalue weighted by Crippen LogP contribution is -2.29. The molecule has 1 aliphatic rings. The zero-order chi connectivity index (χ0) is 15.8. The molecule has 4 heteroatoms. The van der Waals surface area contributed by atoms with Crippen molar-refractivity contribution in [3.8, 4) is 0 Å². The van der Waals surface area contributed by atoms with E-state index in [-0.39, 0.29) is 5.92 Å². The van der Waals surface area contributed by atoms with E-state index < -0.39 is 11.7 Å². The summed E-state index contributed by atoms with van der Waals surface area (Å²) in [5, 5.41) is 0. The van der Waals surface area contributed by atoms with Crippen molar-refractivity contribution in [3.05, 3.63) is 34.4 Å². The van der Waals surface area contributed by atoms with Crippen LogP contribution in [0.25, 0.3) is 0 Å². The van der Waals surface area contributed by atoms with Gasteiger partial charge in [-0.1, -0.05) is 19.9 Å². The quantitative estimate of drug-likeness (QED) is 0.747. The summed E-state index contributed by atoms with van der Waals surface area (Å²) in [4.78, 5) is 2.28. The second kappa shape index (κ2) is 5.99. The maximum absolute atomic E-state index is 13.1. The lowest BCUT2D eigenvalue weighted by molar-refractivity contribution is -0.138. The van der Waals surface area contributed by atoms with Crippen molar-refractivity contribution in [3.63, 3.8) is 0 Å². The fourth-order valence-corrected chi connectivity index (χ4v) is 3.23. The zero-order valence-electron chi connectivity index (χ0n) is 13.2. The molecule has 0 amide bonds. The predicted octanol–water partition coefficient (Wildman–Crippen LogP) is 4.95. The lowest BCUT2D eigenvalue weighted by Gasteiger charge is -2.31. The van der Waals surface area contributed by atoms with Gasteiger partial charge in [-0.3, -0.25) is 0 Å². The normalized spacial score (nSPS) is 18.5. The predicted molar refractivity (Wildman–Crippen MR) is 79.7 cm³/mol. The number of hydrogen-bond donors (Lipinski definition) is 0. The van der Waals surface area contributed by atoms with E-state index in [4.69, 9.17) is 0 Å². The Labute approximate surface area is 125 Å². The molecule has 1 saturated heterocycles. The van der Waals surface area contributed by atoms with Gasteiger partial charge in [0.2, 0.25) is 0 Å². The number of benzene rings is 1. The fraction of sp³-hybridized carbons (Fsp3) is 0.647. The molecule has 1 aliphatic heterocycles. The first-order chi connectivity index (χ1) is 9.70. The van der Waals surface area contributed by atoms with Crippen molar-refractivity contribution in [1.29, 1.82) is 0 Å². The molecule has 0 unspecified atom stereocenters. The van der Waals surface area contributed by atoms with Gasteiger partial charge in [-0.15, -0.1) is 0 Å². The number of aryl methyl sites for hydroxylation is 1. The number of rotatable bonds is 2. The van der Waals surface area contributed by atoms with Gasteiger partial charge in [0.05, 0.1) is 5.56 Å². The minimum Gasteiger partial charge on any atom is -0.306 e. The molecule has 1 aromatic carbocycles. The van der Waals surface area contributed by atoms with Crippen molar-refractivity contribution in [1.82, 2.24) is 4.90 Å². The van der Waals surface area contributed by atoms with Crippen LogP contribution in [0.4, 0.5) is 13.2 Å². The molecule has 0 aliphatic carbocycles. The van der Waals surface area contributed by atoms with Gasteiger partial charge in [-0.2, -0.15) is 13.2 Å². The van der Waals surface area contributed by atoms with Gasteiger partial charge in [0, 0.05) is 0 Å². The highest BCUT2D eigenvalue weighted by molar-refractivity contribution is 5.43. The van der Waals surface area contributed by atoms with E-state index in [0.29, 0.717) is 11.5 Å². The number of piperidine rings is 1. The Morgan fingerprint density at radius 1 is 1.14 bits per heavy atom. The van der Waals surface area contributed by atoms with Crippen LogP contribution < -0.4 is 0 Å². The standard InChI is InChI=1S/C17H24F3N/c1-11(2)14-10-16(17(18,19)20)12(3)9-15(14)13-5-7-21(4)8-6-13/h9-11,13H,5-8H2,1-4H3. The molecule has 1 nitrogen and oxygen atoms in total. The summed E-state index contributed by atoms with van der Waals surface area (Å²) in [6.07, 6.45) is -2.21. The molecule has 0 bridgehead atoms. The molecule has 0 aromatic heterocycles. The van der Waals surface area contributed by atoms with E-state index in [1.54, 1.807) is 13.0 Å². The van der Waals surface area contributed by atoms with Gasteiger partial charge in [0.1, 0.15) is 0 Å². The molecule has 1 fully saturated rings. The molecule has 0 N–H and O–H groups in total. The highest BCUT2D eigenvalue weighted by Gasteiger charge is 2.34. The molecule has 1 heterocycles. The molecular weight excluding hydrogens is 275 g/mol. The summed E-state index contributed by atoms with van der Waals surface area (Å²) in [7, 11) is 2.09. The average molecular weight is 299 g/mol. The third-order valence-corrected chi connectivity index (χ3v) is 4.52. The SMILES string of the molecule is Cc1cc(C2CCN(C)CC2)c(C(C)C)cc1C(F)(F)F. The third kappa shape index (κ3) is 3.60. The van der Waals surface area contributed by atoms with Gasteiger partial charge in [0.15, 0.2) is 0 Å². The lowest BCUT2D eigenvalue weighted by atomic mass is 9.81. The van der Waals surface area contributed by atoms with Crippen LogP contribution in [-0.2, 0) is 6.18 Å². The second-order valence-electron chi connectivity index (χ2n) is 6.53. The maximum Gasteiger partial charge on any atom is 0.416 e. The highest BCUT2D eigenvalue weighted by atomic mass is 19.4. The van der Waals surface area contributed by atoms with E-state index in [2.05, 4.69) is 11.9 Å². The number of nitrogens with zero attached hydrogens (tertiary/aromatic N) is 1. The monoisotopic (exact) mass is 299 g/mol. The zero-order valence-corrected chi connectivity index (χ0v) is 13.2. The molecule has 118 valence electrons.